The Bertz CT molecular complexity index is 735. The highest BCUT2D eigenvalue weighted by Crippen LogP contribution is 2.25. The van der Waals surface area contributed by atoms with E-state index in [9.17, 15) is 13.9 Å². The van der Waals surface area contributed by atoms with Crippen LogP contribution in [0.2, 0.25) is 0 Å². The minimum absolute atomic E-state index is 0.144. The lowest BCUT2D eigenvalue weighted by atomic mass is 10.1. The van der Waals surface area contributed by atoms with E-state index in [2.05, 4.69) is 4.98 Å². The number of aliphatic hydroxyl groups is 1. The van der Waals surface area contributed by atoms with Crippen molar-refractivity contribution in [3.05, 3.63) is 59.9 Å². The zero-order valence-corrected chi connectivity index (χ0v) is 9.85. The Kier molecular flexibility index (Phi) is 2.76. The number of aliphatic hydroxyl groups excluding tert-OH is 1. The summed E-state index contributed by atoms with van der Waals surface area (Å²) in [7, 11) is 0. The third kappa shape index (κ3) is 1.88. The second-order valence-electron chi connectivity index (χ2n) is 4.12. The van der Waals surface area contributed by atoms with Crippen LogP contribution in [0.3, 0.4) is 0 Å². The molecule has 0 unspecified atom stereocenters. The molecule has 3 nitrogen and oxygen atoms in total. The third-order valence-corrected chi connectivity index (χ3v) is 2.97. The number of aromatic nitrogens is 2. The van der Waals surface area contributed by atoms with E-state index in [1.165, 1.54) is 28.7 Å². The Balaban J connectivity index is 2.29. The number of imidazole rings is 1. The van der Waals surface area contributed by atoms with Gasteiger partial charge in [0.1, 0.15) is 5.82 Å². The minimum atomic E-state index is -0.467. The molecule has 0 aliphatic heterocycles. The molecule has 1 N–H and O–H groups in total. The van der Waals surface area contributed by atoms with Crippen LogP contribution >= 0.6 is 0 Å². The Morgan fingerprint density at radius 2 is 1.84 bits per heavy atom. The molecule has 0 amide bonds. The second kappa shape index (κ2) is 4.44. The molecule has 2 aromatic heterocycles. The van der Waals surface area contributed by atoms with Crippen molar-refractivity contribution in [2.75, 3.05) is 0 Å². The van der Waals surface area contributed by atoms with E-state index in [1.54, 1.807) is 18.3 Å². The number of hydrogen-bond acceptors (Lipinski definition) is 2. The van der Waals surface area contributed by atoms with Crippen molar-refractivity contribution in [3.63, 3.8) is 0 Å². The summed E-state index contributed by atoms with van der Waals surface area (Å²) < 4.78 is 28.1. The largest absolute Gasteiger partial charge is 0.390 e. The predicted molar refractivity (Wildman–Crippen MR) is 66.5 cm³/mol. The Labute approximate surface area is 107 Å². The Morgan fingerprint density at radius 3 is 2.53 bits per heavy atom. The van der Waals surface area contributed by atoms with Crippen LogP contribution in [-0.4, -0.2) is 14.5 Å². The van der Waals surface area contributed by atoms with Crippen LogP contribution in [0.25, 0.3) is 16.9 Å². The van der Waals surface area contributed by atoms with Crippen LogP contribution in [0.4, 0.5) is 8.78 Å². The van der Waals surface area contributed by atoms with Gasteiger partial charge >= 0.3 is 0 Å². The molecule has 3 rings (SSSR count). The summed E-state index contributed by atoms with van der Waals surface area (Å²) in [5.74, 6) is -0.824. The average Bonchev–Trinajstić information content (AvgIpc) is 2.79. The second-order valence-corrected chi connectivity index (χ2v) is 4.12. The van der Waals surface area contributed by atoms with Gasteiger partial charge in [-0.3, -0.25) is 4.40 Å². The van der Waals surface area contributed by atoms with Gasteiger partial charge in [-0.05, 0) is 36.4 Å². The summed E-state index contributed by atoms with van der Waals surface area (Å²) in [6.45, 7) is -0.280. The summed E-state index contributed by atoms with van der Waals surface area (Å²) in [5, 5.41) is 9.45. The van der Waals surface area contributed by atoms with Crippen molar-refractivity contribution in [2.45, 2.75) is 6.61 Å². The van der Waals surface area contributed by atoms with E-state index in [0.717, 1.165) is 0 Å². The quantitative estimate of drug-likeness (QED) is 0.769. The first-order valence-corrected chi connectivity index (χ1v) is 5.73. The zero-order valence-electron chi connectivity index (χ0n) is 9.85. The van der Waals surface area contributed by atoms with Crippen LogP contribution in [0.5, 0.6) is 0 Å². The molecule has 0 radical (unpaired) electrons. The van der Waals surface area contributed by atoms with Crippen molar-refractivity contribution >= 4 is 5.65 Å². The molecule has 3 aromatic rings. The Morgan fingerprint density at radius 1 is 1.11 bits per heavy atom. The topological polar surface area (TPSA) is 37.5 Å². The first kappa shape index (κ1) is 11.8. The van der Waals surface area contributed by atoms with E-state index < -0.39 is 5.82 Å². The van der Waals surface area contributed by atoms with Crippen LogP contribution < -0.4 is 0 Å². The van der Waals surface area contributed by atoms with Gasteiger partial charge in [0, 0.05) is 11.8 Å². The van der Waals surface area contributed by atoms with Gasteiger partial charge in [0.25, 0.3) is 0 Å². The molecule has 96 valence electrons. The smallest absolute Gasteiger partial charge is 0.174 e. The highest BCUT2D eigenvalue weighted by Gasteiger charge is 2.15. The normalized spacial score (nSPS) is 11.1. The molecular weight excluding hydrogens is 250 g/mol. The van der Waals surface area contributed by atoms with Crippen molar-refractivity contribution in [1.29, 1.82) is 0 Å². The molecule has 0 saturated carbocycles. The summed E-state index contributed by atoms with van der Waals surface area (Å²) in [5.41, 5.74) is 1.70. The molecule has 1 aromatic carbocycles. The van der Waals surface area contributed by atoms with Gasteiger partial charge in [-0.1, -0.05) is 0 Å². The fourth-order valence-corrected chi connectivity index (χ4v) is 2.07. The fraction of sp³-hybridized carbons (Fsp3) is 0.0714. The number of benzene rings is 1. The fourth-order valence-electron chi connectivity index (χ4n) is 2.07. The molecular formula is C14H10F2N2O. The van der Waals surface area contributed by atoms with Gasteiger partial charge < -0.3 is 5.11 Å². The number of nitrogens with zero attached hydrogens (tertiary/aromatic N) is 2. The first-order valence-electron chi connectivity index (χ1n) is 5.73. The number of halogens is 2. The molecule has 0 aliphatic carbocycles. The van der Waals surface area contributed by atoms with E-state index >= 15 is 0 Å². The van der Waals surface area contributed by atoms with Gasteiger partial charge in [0.2, 0.25) is 0 Å². The van der Waals surface area contributed by atoms with E-state index in [-0.39, 0.29) is 18.1 Å². The molecule has 0 saturated heterocycles. The summed E-state index contributed by atoms with van der Waals surface area (Å²) in [4.78, 5) is 4.19. The lowest BCUT2D eigenvalue weighted by Crippen LogP contribution is -1.94. The molecule has 0 spiro atoms. The minimum Gasteiger partial charge on any atom is -0.390 e. The van der Waals surface area contributed by atoms with Gasteiger partial charge in [-0.15, -0.1) is 0 Å². The lowest BCUT2D eigenvalue weighted by Gasteiger charge is -2.01. The van der Waals surface area contributed by atoms with Gasteiger partial charge in [0.05, 0.1) is 18.0 Å². The maximum atomic E-state index is 13.7. The molecule has 0 atom stereocenters. The van der Waals surface area contributed by atoms with Gasteiger partial charge in [-0.2, -0.15) is 0 Å². The van der Waals surface area contributed by atoms with Crippen molar-refractivity contribution in [2.24, 2.45) is 0 Å². The highest BCUT2D eigenvalue weighted by molar-refractivity contribution is 5.66. The number of hydrogen-bond donors (Lipinski definition) is 1. The Hall–Kier alpha value is -2.27. The molecule has 0 bridgehead atoms. The monoisotopic (exact) mass is 260 g/mol. The molecule has 0 fully saturated rings. The predicted octanol–water partition coefficient (Wildman–Crippen LogP) is 2.77. The van der Waals surface area contributed by atoms with E-state index in [0.29, 0.717) is 17.0 Å². The van der Waals surface area contributed by atoms with Crippen LogP contribution in [-0.2, 0) is 6.61 Å². The standard InChI is InChI=1S/C14H10F2N2O/c15-10-5-3-9(4-6-10)13-12(8-19)18-7-1-2-11(16)14(18)17-13/h1-7,19H,8H2. The zero-order chi connectivity index (χ0) is 13.4. The average molecular weight is 260 g/mol. The number of pyridine rings is 1. The lowest BCUT2D eigenvalue weighted by molar-refractivity contribution is 0.276. The van der Waals surface area contributed by atoms with Crippen LogP contribution in [0.15, 0.2) is 42.6 Å². The summed E-state index contributed by atoms with van der Waals surface area (Å²) in [6.07, 6.45) is 1.63. The van der Waals surface area contributed by atoms with Gasteiger partial charge in [0.15, 0.2) is 11.5 Å². The van der Waals surface area contributed by atoms with Crippen molar-refractivity contribution < 1.29 is 13.9 Å². The SMILES string of the molecule is OCc1c(-c2ccc(F)cc2)nc2c(F)cccn12. The maximum absolute atomic E-state index is 13.7. The summed E-state index contributed by atoms with van der Waals surface area (Å²) in [6, 6.07) is 8.55. The first-order chi connectivity index (χ1) is 9.20. The maximum Gasteiger partial charge on any atom is 0.174 e. The molecule has 5 heteroatoms. The molecule has 19 heavy (non-hydrogen) atoms. The molecule has 0 aliphatic rings. The van der Waals surface area contributed by atoms with Crippen LogP contribution in [0, 0.1) is 11.6 Å². The number of rotatable bonds is 2. The van der Waals surface area contributed by atoms with Crippen molar-refractivity contribution in [1.82, 2.24) is 9.38 Å². The van der Waals surface area contributed by atoms with E-state index in [1.807, 2.05) is 0 Å². The van der Waals surface area contributed by atoms with Crippen molar-refractivity contribution in [3.8, 4) is 11.3 Å². The number of fused-ring (bicyclic) bond motifs is 1. The summed E-state index contributed by atoms with van der Waals surface area (Å²) >= 11 is 0. The van der Waals surface area contributed by atoms with Crippen LogP contribution in [0.1, 0.15) is 5.69 Å². The third-order valence-electron chi connectivity index (χ3n) is 2.97. The molecule has 2 heterocycles. The highest BCUT2D eigenvalue weighted by atomic mass is 19.1. The van der Waals surface area contributed by atoms with E-state index in [4.69, 9.17) is 0 Å². The van der Waals surface area contributed by atoms with Gasteiger partial charge in [-0.25, -0.2) is 13.8 Å².